The second-order valence-corrected chi connectivity index (χ2v) is 9.44. The van der Waals surface area contributed by atoms with Crippen molar-refractivity contribution in [3.63, 3.8) is 0 Å². The first kappa shape index (κ1) is 34.3. The van der Waals surface area contributed by atoms with Crippen LogP contribution in [0.4, 0.5) is 0 Å². The molecule has 0 saturated heterocycles. The topological polar surface area (TPSA) is 108 Å². The number of esters is 2. The summed E-state index contributed by atoms with van der Waals surface area (Å²) in [5.74, 6) is 2.06. The minimum Gasteiger partial charge on any atom is -0.494 e. The number of unbranched alkanes of at least 4 members (excludes halogenated alkanes) is 2. The van der Waals surface area contributed by atoms with E-state index in [2.05, 4.69) is 18.9 Å². The predicted octanol–water partition coefficient (Wildman–Crippen LogP) is 6.92. The lowest BCUT2D eigenvalue weighted by molar-refractivity contribution is -0.249. The quantitative estimate of drug-likeness (QED) is 0.0144. The normalized spacial score (nSPS) is 10.2. The maximum Gasteiger partial charge on any atom is 0.343 e. The first-order chi connectivity index (χ1) is 22.0. The molecule has 3 rings (SSSR count). The van der Waals surface area contributed by atoms with E-state index in [1.54, 1.807) is 54.6 Å². The van der Waals surface area contributed by atoms with Crippen LogP contribution >= 0.6 is 0 Å². The summed E-state index contributed by atoms with van der Waals surface area (Å²) < 4.78 is 33.3. The van der Waals surface area contributed by atoms with Crippen molar-refractivity contribution in [3.05, 3.63) is 109 Å². The third kappa shape index (κ3) is 13.3. The molecule has 0 atom stereocenters. The lowest BCUT2D eigenvalue weighted by Gasteiger charge is -2.12. The van der Waals surface area contributed by atoms with E-state index in [0.29, 0.717) is 67.8 Å². The summed E-state index contributed by atoms with van der Waals surface area (Å²) in [4.78, 5) is 33.2. The minimum atomic E-state index is -0.491. The van der Waals surface area contributed by atoms with E-state index >= 15 is 0 Å². The molecule has 0 N–H and O–H groups in total. The smallest absolute Gasteiger partial charge is 0.343 e. The van der Waals surface area contributed by atoms with Crippen LogP contribution in [0, 0.1) is 6.92 Å². The minimum absolute atomic E-state index is 0.000471. The largest absolute Gasteiger partial charge is 0.494 e. The van der Waals surface area contributed by atoms with Gasteiger partial charge in [-0.3, -0.25) is 0 Å². The molecule has 3 aromatic rings. The first-order valence-electron chi connectivity index (χ1n) is 14.4. The summed E-state index contributed by atoms with van der Waals surface area (Å²) in [7, 11) is 0. The number of rotatable bonds is 21. The van der Waals surface area contributed by atoms with Gasteiger partial charge in [-0.1, -0.05) is 18.9 Å². The molecule has 10 nitrogen and oxygen atoms in total. The van der Waals surface area contributed by atoms with Crippen LogP contribution in [0.1, 0.15) is 41.6 Å². The highest BCUT2D eigenvalue weighted by Gasteiger charge is 2.11. The number of hydrogen-bond acceptors (Lipinski definition) is 10. The van der Waals surface area contributed by atoms with Crippen LogP contribution in [0.15, 0.2) is 98.0 Å². The van der Waals surface area contributed by atoms with Gasteiger partial charge in [-0.15, -0.1) is 0 Å². The lowest BCUT2D eigenvalue weighted by Crippen LogP contribution is -2.09. The molecular formula is C35H38O10. The van der Waals surface area contributed by atoms with Gasteiger partial charge in [-0.25, -0.2) is 9.59 Å². The molecule has 0 saturated carbocycles. The number of carbonyl (C=O) groups excluding carboxylic acids is 2. The van der Waals surface area contributed by atoms with Crippen molar-refractivity contribution in [2.45, 2.75) is 32.6 Å². The van der Waals surface area contributed by atoms with Crippen molar-refractivity contribution in [2.75, 3.05) is 33.2 Å². The molecule has 0 radical (unpaired) electrons. The maximum absolute atomic E-state index is 12.6. The van der Waals surface area contributed by atoms with Crippen molar-refractivity contribution >= 4 is 11.9 Å². The number of ether oxygens (including phenoxy) is 6. The third-order valence-corrected chi connectivity index (χ3v) is 6.02. The number of hydrogen-bond donors (Lipinski definition) is 0. The van der Waals surface area contributed by atoms with Gasteiger partial charge in [0.2, 0.25) is 6.79 Å². The van der Waals surface area contributed by atoms with Gasteiger partial charge in [0.05, 0.1) is 32.0 Å². The van der Waals surface area contributed by atoms with Crippen molar-refractivity contribution in [1.82, 2.24) is 0 Å². The number of benzene rings is 3. The van der Waals surface area contributed by atoms with Gasteiger partial charge in [0.1, 0.15) is 28.7 Å². The Bertz CT molecular complexity index is 1390. The molecule has 0 heterocycles. The average molecular weight is 619 g/mol. The van der Waals surface area contributed by atoms with Crippen molar-refractivity contribution in [3.8, 4) is 28.7 Å². The molecular weight excluding hydrogens is 580 g/mol. The van der Waals surface area contributed by atoms with Crippen LogP contribution in [0.25, 0.3) is 0 Å². The van der Waals surface area contributed by atoms with E-state index in [1.165, 1.54) is 6.26 Å². The van der Waals surface area contributed by atoms with E-state index in [0.717, 1.165) is 30.2 Å². The Hall–Kier alpha value is -5.18. The van der Waals surface area contributed by atoms with Crippen LogP contribution in [0.3, 0.4) is 0 Å². The van der Waals surface area contributed by atoms with Crippen LogP contribution in [-0.4, -0.2) is 45.2 Å². The van der Waals surface area contributed by atoms with Crippen molar-refractivity contribution in [1.29, 1.82) is 0 Å². The van der Waals surface area contributed by atoms with Gasteiger partial charge in [-0.2, -0.15) is 4.89 Å². The number of aryl methyl sites for hydroxylation is 1. The summed E-state index contributed by atoms with van der Waals surface area (Å²) in [6, 6.07) is 19.1. The molecule has 0 fully saturated rings. The zero-order valence-corrected chi connectivity index (χ0v) is 25.4. The molecule has 0 aliphatic heterocycles. The molecule has 0 spiro atoms. The molecule has 3 aromatic carbocycles. The summed E-state index contributed by atoms with van der Waals surface area (Å²) >= 11 is 0. The van der Waals surface area contributed by atoms with Crippen LogP contribution in [-0.2, 0) is 19.3 Å². The maximum atomic E-state index is 12.6. The predicted molar refractivity (Wildman–Crippen MR) is 167 cm³/mol. The zero-order valence-electron chi connectivity index (χ0n) is 25.4. The molecule has 45 heavy (non-hydrogen) atoms. The Morgan fingerprint density at radius 1 is 0.733 bits per heavy atom. The molecule has 0 aliphatic carbocycles. The Morgan fingerprint density at radius 2 is 1.31 bits per heavy atom. The Labute approximate surface area is 263 Å². The second-order valence-electron chi connectivity index (χ2n) is 9.44. The Balaban J connectivity index is 1.34. The monoisotopic (exact) mass is 618 g/mol. The second kappa shape index (κ2) is 19.9. The Kier molecular flexibility index (Phi) is 15.2. The Morgan fingerprint density at radius 3 is 1.93 bits per heavy atom. The van der Waals surface area contributed by atoms with E-state index in [9.17, 15) is 9.59 Å². The zero-order chi connectivity index (χ0) is 32.1. The SMILES string of the molecule is C=C=COOCCCCOc1ccc(OCOc2ccc(OC(=O)c3ccc(OCCCCOC(=O)C=C)cc3)cc2C)cc1. The van der Waals surface area contributed by atoms with Crippen molar-refractivity contribution < 1.29 is 47.8 Å². The van der Waals surface area contributed by atoms with E-state index in [-0.39, 0.29) is 6.79 Å². The standard InChI is InChI=1S/C35H38O10/c1-4-20-43-44-24-9-8-22-39-30-14-16-31(17-15-30)41-26-42-33-19-18-32(25-27(33)3)45-35(37)28-10-12-29(13-11-28)38-21-6-7-23-40-34(36)5-2/h5,10-20,25H,1-2,6-9,21-24,26H2,3H3. The van der Waals surface area contributed by atoms with Gasteiger partial charge in [0.15, 0.2) is 6.26 Å². The summed E-state index contributed by atoms with van der Waals surface area (Å²) in [5.41, 5.74) is 3.62. The highest BCUT2D eigenvalue weighted by molar-refractivity contribution is 5.91. The molecule has 0 unspecified atom stereocenters. The van der Waals surface area contributed by atoms with E-state index in [1.807, 2.05) is 19.1 Å². The molecule has 238 valence electrons. The lowest BCUT2D eigenvalue weighted by atomic mass is 10.2. The molecule has 0 aromatic heterocycles. The van der Waals surface area contributed by atoms with Gasteiger partial charge in [-0.05, 0) is 105 Å². The molecule has 10 heteroatoms. The van der Waals surface area contributed by atoms with Crippen LogP contribution in [0.5, 0.6) is 28.7 Å². The number of carbonyl (C=O) groups is 2. The van der Waals surface area contributed by atoms with E-state index in [4.69, 9.17) is 38.2 Å². The molecule has 0 amide bonds. The fraction of sp³-hybridized carbons (Fsp3) is 0.286. The van der Waals surface area contributed by atoms with Gasteiger partial charge in [0, 0.05) is 6.08 Å². The molecule has 0 bridgehead atoms. The summed E-state index contributed by atoms with van der Waals surface area (Å²) in [6.07, 6.45) is 5.38. The fourth-order valence-electron chi connectivity index (χ4n) is 3.69. The van der Waals surface area contributed by atoms with Gasteiger partial charge in [0.25, 0.3) is 0 Å². The van der Waals surface area contributed by atoms with Crippen LogP contribution in [0.2, 0.25) is 0 Å². The van der Waals surface area contributed by atoms with Crippen LogP contribution < -0.4 is 23.7 Å². The highest BCUT2D eigenvalue weighted by atomic mass is 17.2. The average Bonchev–Trinajstić information content (AvgIpc) is 3.05. The van der Waals surface area contributed by atoms with E-state index < -0.39 is 11.9 Å². The molecule has 0 aliphatic rings. The summed E-state index contributed by atoms with van der Waals surface area (Å²) in [5, 5.41) is 0. The highest BCUT2D eigenvalue weighted by Crippen LogP contribution is 2.25. The third-order valence-electron chi connectivity index (χ3n) is 6.02. The fourth-order valence-corrected chi connectivity index (χ4v) is 3.69. The summed E-state index contributed by atoms with van der Waals surface area (Å²) in [6.45, 7) is 10.4. The van der Waals surface area contributed by atoms with Crippen molar-refractivity contribution in [2.24, 2.45) is 0 Å². The van der Waals surface area contributed by atoms with Gasteiger partial charge >= 0.3 is 11.9 Å². The first-order valence-corrected chi connectivity index (χ1v) is 14.4. The van der Waals surface area contributed by atoms with Gasteiger partial charge < -0.3 is 33.3 Å².